The highest BCUT2D eigenvalue weighted by molar-refractivity contribution is 7.98. The predicted octanol–water partition coefficient (Wildman–Crippen LogP) is 1.50. The average molecular weight is 253 g/mol. The summed E-state index contributed by atoms with van der Waals surface area (Å²) in [5.41, 5.74) is 5.66. The number of piperidine rings is 1. The van der Waals surface area contributed by atoms with Gasteiger partial charge < -0.3 is 10.6 Å². The number of amides is 1. The number of rotatable bonds is 4. The molecule has 0 aliphatic carbocycles. The molecule has 15 heavy (non-hydrogen) atoms. The van der Waals surface area contributed by atoms with E-state index >= 15 is 0 Å². The molecule has 1 heterocycles. The monoisotopic (exact) mass is 252 g/mol. The summed E-state index contributed by atoms with van der Waals surface area (Å²) >= 11 is 1.72. The third-order valence-electron chi connectivity index (χ3n) is 2.74. The second kappa shape index (κ2) is 8.25. The van der Waals surface area contributed by atoms with Crippen molar-refractivity contribution in [3.8, 4) is 0 Å². The van der Waals surface area contributed by atoms with Crippen LogP contribution in [-0.4, -0.2) is 41.9 Å². The van der Waals surface area contributed by atoms with E-state index in [2.05, 4.69) is 0 Å². The number of carbonyl (C=O) groups is 1. The lowest BCUT2D eigenvalue weighted by Crippen LogP contribution is -2.47. The number of thioether (sulfide) groups is 1. The number of nitrogens with two attached hydrogens (primary N) is 1. The minimum absolute atomic E-state index is 0. The molecular formula is C10H21ClN2OS. The zero-order valence-electron chi connectivity index (χ0n) is 9.28. The van der Waals surface area contributed by atoms with Gasteiger partial charge in [-0.1, -0.05) is 0 Å². The van der Waals surface area contributed by atoms with Gasteiger partial charge in [-0.2, -0.15) is 11.8 Å². The summed E-state index contributed by atoms with van der Waals surface area (Å²) < 4.78 is 0. The van der Waals surface area contributed by atoms with E-state index in [1.807, 2.05) is 11.2 Å². The largest absolute Gasteiger partial charge is 0.338 e. The van der Waals surface area contributed by atoms with Gasteiger partial charge in [-0.25, -0.2) is 0 Å². The van der Waals surface area contributed by atoms with E-state index in [0.717, 1.165) is 25.1 Å². The Balaban J connectivity index is 0.00000196. The third-order valence-corrected chi connectivity index (χ3v) is 3.35. The molecule has 0 aromatic carbocycles. The Labute approximate surface area is 103 Å². The molecule has 90 valence electrons. The standard InChI is InChI=1S/C10H20N2OS.ClH/c1-14-7-5-10(13)12-6-3-2-4-9(12)8-11;/h9H,2-8,11H2,1H3;1H. The first-order chi connectivity index (χ1) is 6.79. The molecular weight excluding hydrogens is 232 g/mol. The van der Waals surface area contributed by atoms with Crippen molar-refractivity contribution in [1.29, 1.82) is 0 Å². The molecule has 0 aromatic rings. The predicted molar refractivity (Wildman–Crippen MR) is 68.7 cm³/mol. The van der Waals surface area contributed by atoms with Gasteiger partial charge in [0, 0.05) is 31.3 Å². The van der Waals surface area contributed by atoms with E-state index in [1.54, 1.807) is 11.8 Å². The van der Waals surface area contributed by atoms with Gasteiger partial charge in [-0.05, 0) is 25.5 Å². The van der Waals surface area contributed by atoms with Gasteiger partial charge in [0.05, 0.1) is 0 Å². The summed E-state index contributed by atoms with van der Waals surface area (Å²) in [6.45, 7) is 1.53. The van der Waals surface area contributed by atoms with Gasteiger partial charge in [0.25, 0.3) is 0 Å². The molecule has 2 N–H and O–H groups in total. The molecule has 1 atom stereocenters. The summed E-state index contributed by atoms with van der Waals surface area (Å²) in [6, 6.07) is 0.304. The number of carbonyl (C=O) groups excluding carboxylic acids is 1. The van der Waals surface area contributed by atoms with Crippen LogP contribution in [0.2, 0.25) is 0 Å². The van der Waals surface area contributed by atoms with E-state index in [0.29, 0.717) is 19.0 Å². The van der Waals surface area contributed by atoms with E-state index in [9.17, 15) is 4.79 Å². The Hall–Kier alpha value is 0.0700. The molecule has 1 aliphatic heterocycles. The van der Waals surface area contributed by atoms with Gasteiger partial charge in [0.1, 0.15) is 0 Å². The van der Waals surface area contributed by atoms with E-state index < -0.39 is 0 Å². The summed E-state index contributed by atoms with van der Waals surface area (Å²) in [7, 11) is 0. The fourth-order valence-electron chi connectivity index (χ4n) is 1.91. The average Bonchev–Trinajstić information content (AvgIpc) is 2.25. The minimum Gasteiger partial charge on any atom is -0.338 e. The third kappa shape index (κ3) is 4.62. The lowest BCUT2D eigenvalue weighted by molar-refractivity contribution is -0.134. The van der Waals surface area contributed by atoms with Crippen LogP contribution in [0.4, 0.5) is 0 Å². The number of likely N-dealkylation sites (tertiary alicyclic amines) is 1. The molecule has 1 aliphatic rings. The fourth-order valence-corrected chi connectivity index (χ4v) is 2.29. The van der Waals surface area contributed by atoms with Crippen molar-refractivity contribution in [3.63, 3.8) is 0 Å². The van der Waals surface area contributed by atoms with E-state index in [4.69, 9.17) is 5.73 Å². The molecule has 1 amide bonds. The van der Waals surface area contributed by atoms with Crippen LogP contribution in [0.1, 0.15) is 25.7 Å². The van der Waals surface area contributed by atoms with Crippen LogP contribution in [-0.2, 0) is 4.79 Å². The molecule has 1 rings (SSSR count). The van der Waals surface area contributed by atoms with Crippen LogP contribution in [0.5, 0.6) is 0 Å². The van der Waals surface area contributed by atoms with Crippen LogP contribution >= 0.6 is 24.2 Å². The van der Waals surface area contributed by atoms with Crippen molar-refractivity contribution in [2.45, 2.75) is 31.7 Å². The first-order valence-electron chi connectivity index (χ1n) is 5.28. The second-order valence-electron chi connectivity index (χ2n) is 3.72. The molecule has 0 bridgehead atoms. The molecule has 0 radical (unpaired) electrons. The lowest BCUT2D eigenvalue weighted by Gasteiger charge is -2.35. The maximum atomic E-state index is 11.8. The molecule has 0 spiro atoms. The Morgan fingerprint density at radius 2 is 2.27 bits per heavy atom. The highest BCUT2D eigenvalue weighted by atomic mass is 35.5. The zero-order valence-corrected chi connectivity index (χ0v) is 10.9. The van der Waals surface area contributed by atoms with Crippen molar-refractivity contribution in [2.75, 3.05) is 25.1 Å². The first-order valence-corrected chi connectivity index (χ1v) is 6.67. The summed E-state index contributed by atoms with van der Waals surface area (Å²) in [5.74, 6) is 1.21. The molecule has 0 aromatic heterocycles. The fraction of sp³-hybridized carbons (Fsp3) is 0.900. The maximum absolute atomic E-state index is 11.8. The van der Waals surface area contributed by atoms with Crippen molar-refractivity contribution in [3.05, 3.63) is 0 Å². The molecule has 5 heteroatoms. The number of hydrogen-bond donors (Lipinski definition) is 1. The number of halogens is 1. The quantitative estimate of drug-likeness (QED) is 0.825. The molecule has 1 saturated heterocycles. The van der Waals surface area contributed by atoms with Crippen LogP contribution in [0.25, 0.3) is 0 Å². The lowest BCUT2D eigenvalue weighted by atomic mass is 10.0. The Morgan fingerprint density at radius 1 is 1.53 bits per heavy atom. The topological polar surface area (TPSA) is 46.3 Å². The van der Waals surface area contributed by atoms with Crippen LogP contribution < -0.4 is 5.73 Å². The van der Waals surface area contributed by atoms with E-state index in [1.165, 1.54) is 6.42 Å². The SMILES string of the molecule is CSCCC(=O)N1CCCCC1CN.Cl. The molecule has 1 fully saturated rings. The highest BCUT2D eigenvalue weighted by Gasteiger charge is 2.24. The van der Waals surface area contributed by atoms with E-state index in [-0.39, 0.29) is 18.3 Å². The van der Waals surface area contributed by atoms with Crippen molar-refractivity contribution in [1.82, 2.24) is 4.90 Å². The summed E-state index contributed by atoms with van der Waals surface area (Å²) in [6.07, 6.45) is 6.14. The molecule has 0 saturated carbocycles. The van der Waals surface area contributed by atoms with Gasteiger partial charge in [0.2, 0.25) is 5.91 Å². The van der Waals surface area contributed by atoms with Crippen LogP contribution in [0, 0.1) is 0 Å². The maximum Gasteiger partial charge on any atom is 0.223 e. The first kappa shape index (κ1) is 15.1. The van der Waals surface area contributed by atoms with Gasteiger partial charge in [0.15, 0.2) is 0 Å². The van der Waals surface area contributed by atoms with Gasteiger partial charge >= 0.3 is 0 Å². The summed E-state index contributed by atoms with van der Waals surface area (Å²) in [5, 5.41) is 0. The highest BCUT2D eigenvalue weighted by Crippen LogP contribution is 2.17. The van der Waals surface area contributed by atoms with Gasteiger partial charge in [-0.3, -0.25) is 4.79 Å². The van der Waals surface area contributed by atoms with Crippen molar-refractivity contribution in [2.24, 2.45) is 5.73 Å². The second-order valence-corrected chi connectivity index (χ2v) is 4.70. The zero-order chi connectivity index (χ0) is 10.4. The normalized spacial score (nSPS) is 20.9. The summed E-state index contributed by atoms with van der Waals surface area (Å²) in [4.78, 5) is 13.8. The Morgan fingerprint density at radius 3 is 2.87 bits per heavy atom. The van der Waals surface area contributed by atoms with Crippen LogP contribution in [0.15, 0.2) is 0 Å². The molecule has 3 nitrogen and oxygen atoms in total. The Bertz CT molecular complexity index is 192. The molecule has 1 unspecified atom stereocenters. The Kier molecular flexibility index (Phi) is 8.29. The smallest absolute Gasteiger partial charge is 0.223 e. The number of nitrogens with zero attached hydrogens (tertiary/aromatic N) is 1. The number of hydrogen-bond acceptors (Lipinski definition) is 3. The van der Waals surface area contributed by atoms with Crippen LogP contribution in [0.3, 0.4) is 0 Å². The van der Waals surface area contributed by atoms with Gasteiger partial charge in [-0.15, -0.1) is 12.4 Å². The minimum atomic E-state index is 0. The van der Waals surface area contributed by atoms with Crippen molar-refractivity contribution < 1.29 is 4.79 Å². The van der Waals surface area contributed by atoms with Crippen molar-refractivity contribution >= 4 is 30.1 Å².